The topological polar surface area (TPSA) is 33.1 Å². The second-order valence-corrected chi connectivity index (χ2v) is 6.10. The molecule has 1 aromatic rings. The van der Waals surface area contributed by atoms with Crippen molar-refractivity contribution in [3.8, 4) is 0 Å². The molecule has 0 bridgehead atoms. The van der Waals surface area contributed by atoms with Gasteiger partial charge in [-0.25, -0.2) is 0 Å². The van der Waals surface area contributed by atoms with E-state index in [0.29, 0.717) is 12.0 Å². The first-order valence-electron chi connectivity index (χ1n) is 7.18. The van der Waals surface area contributed by atoms with Gasteiger partial charge in [-0.1, -0.05) is 13.8 Å². The number of nitrogens with zero attached hydrogens (tertiary/aromatic N) is 3. The van der Waals surface area contributed by atoms with Crippen molar-refractivity contribution in [2.75, 3.05) is 18.0 Å². The van der Waals surface area contributed by atoms with Gasteiger partial charge < -0.3 is 10.2 Å². The number of anilines is 1. The van der Waals surface area contributed by atoms with E-state index >= 15 is 0 Å². The summed E-state index contributed by atoms with van der Waals surface area (Å²) >= 11 is 0. The molecule has 1 saturated heterocycles. The van der Waals surface area contributed by atoms with Crippen LogP contribution < -0.4 is 10.2 Å². The third-order valence-electron chi connectivity index (χ3n) is 3.96. The maximum atomic E-state index is 4.61. The average molecular weight is 248 g/mol. The summed E-state index contributed by atoms with van der Waals surface area (Å²) in [5.74, 6) is 0.497. The van der Waals surface area contributed by atoms with Crippen molar-refractivity contribution in [3.63, 3.8) is 0 Å². The fourth-order valence-corrected chi connectivity index (χ4v) is 2.85. The van der Waals surface area contributed by atoms with Gasteiger partial charge in [0.1, 0.15) is 0 Å². The highest BCUT2D eigenvalue weighted by Gasteiger charge is 2.30. The fraction of sp³-hybridized carbons (Fsp3) is 0.786. The third-order valence-corrected chi connectivity index (χ3v) is 3.96. The Morgan fingerprint density at radius 1 is 1.28 bits per heavy atom. The number of aromatic nitrogens is 2. The smallest absolute Gasteiger partial charge is 0.0883 e. The first kappa shape index (κ1) is 12.0. The molecule has 2 fully saturated rings. The molecule has 100 valence electrons. The summed E-state index contributed by atoms with van der Waals surface area (Å²) in [5.41, 5.74) is 2.58. The van der Waals surface area contributed by atoms with E-state index in [0.717, 1.165) is 19.1 Å². The zero-order valence-electron chi connectivity index (χ0n) is 11.7. The Labute approximate surface area is 109 Å². The number of aryl methyl sites for hydroxylation is 1. The van der Waals surface area contributed by atoms with E-state index in [9.17, 15) is 0 Å². The Morgan fingerprint density at radius 2 is 2.06 bits per heavy atom. The lowest BCUT2D eigenvalue weighted by atomic mass is 10.1. The standard InChI is InChI=1S/C14H24N4/c1-10(2)14-13(9-17(3)16-14)18-7-6-12(8-18)15-11-4-5-11/h9-12,15H,4-8H2,1-3H3. The second-order valence-electron chi connectivity index (χ2n) is 6.10. The molecule has 1 aliphatic carbocycles. The highest BCUT2D eigenvalue weighted by molar-refractivity contribution is 5.51. The van der Waals surface area contributed by atoms with Crippen molar-refractivity contribution >= 4 is 5.69 Å². The minimum Gasteiger partial charge on any atom is -0.367 e. The van der Waals surface area contributed by atoms with Gasteiger partial charge in [-0.05, 0) is 25.2 Å². The van der Waals surface area contributed by atoms with Crippen LogP contribution in [0, 0.1) is 0 Å². The summed E-state index contributed by atoms with van der Waals surface area (Å²) in [5, 5.41) is 8.35. The molecule has 18 heavy (non-hydrogen) atoms. The van der Waals surface area contributed by atoms with Gasteiger partial charge in [0.2, 0.25) is 0 Å². The molecule has 2 heterocycles. The van der Waals surface area contributed by atoms with Crippen LogP contribution in [0.15, 0.2) is 6.20 Å². The highest BCUT2D eigenvalue weighted by atomic mass is 15.3. The van der Waals surface area contributed by atoms with Crippen molar-refractivity contribution in [2.45, 2.75) is 51.1 Å². The summed E-state index contributed by atoms with van der Waals surface area (Å²) in [6, 6.07) is 1.49. The van der Waals surface area contributed by atoms with Crippen molar-refractivity contribution in [2.24, 2.45) is 7.05 Å². The molecular formula is C14H24N4. The molecule has 4 nitrogen and oxygen atoms in total. The molecule has 1 unspecified atom stereocenters. The quantitative estimate of drug-likeness (QED) is 0.883. The molecule has 0 radical (unpaired) electrons. The molecule has 1 aromatic heterocycles. The second kappa shape index (κ2) is 4.57. The van der Waals surface area contributed by atoms with Crippen LogP contribution in [0.5, 0.6) is 0 Å². The third kappa shape index (κ3) is 2.39. The van der Waals surface area contributed by atoms with Gasteiger partial charge in [-0.15, -0.1) is 0 Å². The van der Waals surface area contributed by atoms with Crippen molar-refractivity contribution < 1.29 is 0 Å². The maximum absolute atomic E-state index is 4.61. The number of rotatable bonds is 4. The van der Waals surface area contributed by atoms with Crippen LogP contribution in [-0.2, 0) is 7.05 Å². The predicted octanol–water partition coefficient (Wildman–Crippen LogP) is 1.87. The molecule has 1 saturated carbocycles. The van der Waals surface area contributed by atoms with Gasteiger partial charge in [0.25, 0.3) is 0 Å². The molecule has 0 aromatic carbocycles. The van der Waals surface area contributed by atoms with E-state index in [1.807, 2.05) is 11.7 Å². The SMILES string of the molecule is CC(C)c1nn(C)cc1N1CCC(NC2CC2)C1. The minimum atomic E-state index is 0.497. The van der Waals surface area contributed by atoms with Crippen LogP contribution >= 0.6 is 0 Å². The predicted molar refractivity (Wildman–Crippen MR) is 74.1 cm³/mol. The summed E-state index contributed by atoms with van der Waals surface area (Å²) in [6.45, 7) is 6.75. The van der Waals surface area contributed by atoms with E-state index < -0.39 is 0 Å². The van der Waals surface area contributed by atoms with E-state index in [1.54, 1.807) is 0 Å². The largest absolute Gasteiger partial charge is 0.367 e. The molecule has 1 N–H and O–H groups in total. The first-order valence-corrected chi connectivity index (χ1v) is 7.18. The Morgan fingerprint density at radius 3 is 2.72 bits per heavy atom. The van der Waals surface area contributed by atoms with Gasteiger partial charge in [-0.3, -0.25) is 4.68 Å². The van der Waals surface area contributed by atoms with E-state index in [1.165, 1.54) is 30.6 Å². The molecule has 0 spiro atoms. The Kier molecular flexibility index (Phi) is 3.06. The van der Waals surface area contributed by atoms with Crippen molar-refractivity contribution in [3.05, 3.63) is 11.9 Å². The average Bonchev–Trinajstić information content (AvgIpc) is 2.85. The van der Waals surface area contributed by atoms with Gasteiger partial charge in [-0.2, -0.15) is 5.10 Å². The fourth-order valence-electron chi connectivity index (χ4n) is 2.85. The summed E-state index contributed by atoms with van der Waals surface area (Å²) < 4.78 is 1.95. The molecule has 1 atom stereocenters. The van der Waals surface area contributed by atoms with Crippen LogP contribution in [-0.4, -0.2) is 35.0 Å². The highest BCUT2D eigenvalue weighted by Crippen LogP contribution is 2.29. The zero-order valence-corrected chi connectivity index (χ0v) is 11.7. The van der Waals surface area contributed by atoms with Gasteiger partial charge in [0.15, 0.2) is 0 Å². The summed E-state index contributed by atoms with van der Waals surface area (Å²) in [7, 11) is 2.02. The van der Waals surface area contributed by atoms with E-state index in [-0.39, 0.29) is 0 Å². The van der Waals surface area contributed by atoms with E-state index in [2.05, 4.69) is 35.4 Å². The Balaban J connectivity index is 1.70. The van der Waals surface area contributed by atoms with Crippen LogP contribution in [0.4, 0.5) is 5.69 Å². The number of hydrogen-bond acceptors (Lipinski definition) is 3. The summed E-state index contributed by atoms with van der Waals surface area (Å²) in [4.78, 5) is 2.50. The lowest BCUT2D eigenvalue weighted by Gasteiger charge is -2.19. The van der Waals surface area contributed by atoms with Crippen molar-refractivity contribution in [1.29, 1.82) is 0 Å². The first-order chi connectivity index (χ1) is 8.63. The molecule has 0 amide bonds. The van der Waals surface area contributed by atoms with E-state index in [4.69, 9.17) is 0 Å². The minimum absolute atomic E-state index is 0.497. The molecule has 2 aliphatic rings. The molecule has 3 rings (SSSR count). The Bertz CT molecular complexity index is 419. The van der Waals surface area contributed by atoms with Crippen LogP contribution in [0.1, 0.15) is 44.7 Å². The molecular weight excluding hydrogens is 224 g/mol. The monoisotopic (exact) mass is 248 g/mol. The Hall–Kier alpha value is -1.03. The lowest BCUT2D eigenvalue weighted by Crippen LogP contribution is -2.34. The zero-order chi connectivity index (χ0) is 12.7. The lowest BCUT2D eigenvalue weighted by molar-refractivity contribution is 0.548. The molecule has 1 aliphatic heterocycles. The molecule has 4 heteroatoms. The maximum Gasteiger partial charge on any atom is 0.0883 e. The summed E-state index contributed by atoms with van der Waals surface area (Å²) in [6.07, 6.45) is 6.19. The van der Waals surface area contributed by atoms with Crippen LogP contribution in [0.2, 0.25) is 0 Å². The van der Waals surface area contributed by atoms with Crippen LogP contribution in [0.3, 0.4) is 0 Å². The number of nitrogens with one attached hydrogen (secondary N) is 1. The number of hydrogen-bond donors (Lipinski definition) is 1. The van der Waals surface area contributed by atoms with Crippen LogP contribution in [0.25, 0.3) is 0 Å². The van der Waals surface area contributed by atoms with Gasteiger partial charge in [0.05, 0.1) is 11.4 Å². The van der Waals surface area contributed by atoms with Gasteiger partial charge in [0, 0.05) is 38.4 Å². The van der Waals surface area contributed by atoms with Gasteiger partial charge >= 0.3 is 0 Å². The normalized spacial score (nSPS) is 24.2. The van der Waals surface area contributed by atoms with Crippen molar-refractivity contribution in [1.82, 2.24) is 15.1 Å².